The SMILES string of the molecule is CCn1nc(C)c(Cl)c1CNCC1CCC(C)CC1. The van der Waals surface area contributed by atoms with Crippen LogP contribution in [-0.4, -0.2) is 16.3 Å². The second-order valence-electron chi connectivity index (χ2n) is 5.92. The Morgan fingerprint density at radius 2 is 2.00 bits per heavy atom. The predicted octanol–water partition coefficient (Wildman–Crippen LogP) is 3.78. The number of aromatic nitrogens is 2. The maximum Gasteiger partial charge on any atom is 0.0860 e. The van der Waals surface area contributed by atoms with Gasteiger partial charge in [0.25, 0.3) is 0 Å². The summed E-state index contributed by atoms with van der Waals surface area (Å²) in [5.41, 5.74) is 2.07. The van der Waals surface area contributed by atoms with Gasteiger partial charge in [-0.25, -0.2) is 0 Å². The molecule has 0 saturated heterocycles. The van der Waals surface area contributed by atoms with Gasteiger partial charge in [-0.05, 0) is 45.1 Å². The van der Waals surface area contributed by atoms with Gasteiger partial charge in [-0.3, -0.25) is 4.68 Å². The molecule has 2 rings (SSSR count). The molecule has 3 nitrogen and oxygen atoms in total. The highest BCUT2D eigenvalue weighted by Gasteiger charge is 2.18. The van der Waals surface area contributed by atoms with Crippen molar-refractivity contribution in [3.63, 3.8) is 0 Å². The van der Waals surface area contributed by atoms with E-state index in [1.165, 1.54) is 25.7 Å². The molecule has 0 aromatic carbocycles. The lowest BCUT2D eigenvalue weighted by Crippen LogP contribution is -2.26. The number of rotatable bonds is 5. The van der Waals surface area contributed by atoms with Crippen molar-refractivity contribution in [1.29, 1.82) is 0 Å². The molecule has 4 heteroatoms. The molecule has 1 N–H and O–H groups in total. The molecule has 1 fully saturated rings. The van der Waals surface area contributed by atoms with Crippen LogP contribution in [0.15, 0.2) is 0 Å². The average Bonchev–Trinajstić information content (AvgIpc) is 2.68. The van der Waals surface area contributed by atoms with Crippen molar-refractivity contribution in [2.75, 3.05) is 6.54 Å². The monoisotopic (exact) mass is 283 g/mol. The molecule has 1 aliphatic rings. The minimum atomic E-state index is 0.826. The Kier molecular flexibility index (Phi) is 5.28. The van der Waals surface area contributed by atoms with Crippen molar-refractivity contribution < 1.29 is 0 Å². The smallest absolute Gasteiger partial charge is 0.0860 e. The first-order valence-corrected chi connectivity index (χ1v) is 7.92. The van der Waals surface area contributed by atoms with Crippen LogP contribution in [0, 0.1) is 18.8 Å². The number of hydrogen-bond acceptors (Lipinski definition) is 2. The van der Waals surface area contributed by atoms with Crippen molar-refractivity contribution in [3.05, 3.63) is 16.4 Å². The highest BCUT2D eigenvalue weighted by molar-refractivity contribution is 6.31. The molecule has 1 heterocycles. The predicted molar refractivity (Wildman–Crippen MR) is 80.5 cm³/mol. The van der Waals surface area contributed by atoms with Gasteiger partial charge < -0.3 is 5.32 Å². The van der Waals surface area contributed by atoms with Gasteiger partial charge in [-0.2, -0.15) is 5.10 Å². The summed E-state index contributed by atoms with van der Waals surface area (Å²) in [6.07, 6.45) is 5.51. The molecule has 1 aliphatic carbocycles. The summed E-state index contributed by atoms with van der Waals surface area (Å²) >= 11 is 6.31. The van der Waals surface area contributed by atoms with Crippen molar-refractivity contribution in [3.8, 4) is 0 Å². The Morgan fingerprint density at radius 1 is 1.32 bits per heavy atom. The molecular formula is C15H26ClN3. The third-order valence-electron chi connectivity index (χ3n) is 4.31. The number of aryl methyl sites for hydroxylation is 2. The minimum absolute atomic E-state index is 0.826. The molecule has 19 heavy (non-hydrogen) atoms. The highest BCUT2D eigenvalue weighted by atomic mass is 35.5. The largest absolute Gasteiger partial charge is 0.311 e. The van der Waals surface area contributed by atoms with E-state index in [0.29, 0.717) is 0 Å². The van der Waals surface area contributed by atoms with E-state index in [1.54, 1.807) is 0 Å². The van der Waals surface area contributed by atoms with Crippen molar-refractivity contribution >= 4 is 11.6 Å². The maximum atomic E-state index is 6.31. The lowest BCUT2D eigenvalue weighted by Gasteiger charge is -2.26. The van der Waals surface area contributed by atoms with E-state index < -0.39 is 0 Å². The summed E-state index contributed by atoms with van der Waals surface area (Å²) in [6.45, 7) is 9.27. The highest BCUT2D eigenvalue weighted by Crippen LogP contribution is 2.28. The Balaban J connectivity index is 1.82. The molecule has 0 bridgehead atoms. The maximum absolute atomic E-state index is 6.31. The quantitative estimate of drug-likeness (QED) is 0.891. The van der Waals surface area contributed by atoms with Gasteiger partial charge >= 0.3 is 0 Å². The van der Waals surface area contributed by atoms with Gasteiger partial charge in [0.15, 0.2) is 0 Å². The summed E-state index contributed by atoms with van der Waals surface area (Å²) < 4.78 is 2.01. The Bertz CT molecular complexity index is 406. The summed E-state index contributed by atoms with van der Waals surface area (Å²) in [4.78, 5) is 0. The summed E-state index contributed by atoms with van der Waals surface area (Å²) in [5, 5.41) is 8.84. The molecule has 0 radical (unpaired) electrons. The van der Waals surface area contributed by atoms with Crippen LogP contribution in [0.4, 0.5) is 0 Å². The van der Waals surface area contributed by atoms with Gasteiger partial charge in [-0.1, -0.05) is 31.4 Å². The molecular weight excluding hydrogens is 258 g/mol. The zero-order chi connectivity index (χ0) is 13.8. The third-order valence-corrected chi connectivity index (χ3v) is 4.81. The Labute approximate surface area is 121 Å². The number of halogens is 1. The average molecular weight is 284 g/mol. The first-order chi connectivity index (χ1) is 9.11. The fraction of sp³-hybridized carbons (Fsp3) is 0.800. The first-order valence-electron chi connectivity index (χ1n) is 7.54. The lowest BCUT2D eigenvalue weighted by atomic mass is 9.83. The van der Waals surface area contributed by atoms with Crippen molar-refractivity contribution in [1.82, 2.24) is 15.1 Å². The minimum Gasteiger partial charge on any atom is -0.311 e. The van der Waals surface area contributed by atoms with E-state index in [0.717, 1.165) is 47.9 Å². The third kappa shape index (κ3) is 3.73. The van der Waals surface area contributed by atoms with Crippen LogP contribution < -0.4 is 5.32 Å². The first kappa shape index (κ1) is 14.9. The van der Waals surface area contributed by atoms with Gasteiger partial charge in [0, 0.05) is 13.1 Å². The molecule has 0 spiro atoms. The van der Waals surface area contributed by atoms with Crippen LogP contribution in [0.1, 0.15) is 50.9 Å². The molecule has 0 amide bonds. The molecule has 0 aliphatic heterocycles. The van der Waals surface area contributed by atoms with E-state index in [1.807, 2.05) is 11.6 Å². The van der Waals surface area contributed by atoms with Crippen LogP contribution in [0.2, 0.25) is 5.02 Å². The Morgan fingerprint density at radius 3 is 2.63 bits per heavy atom. The number of nitrogens with one attached hydrogen (secondary N) is 1. The fourth-order valence-corrected chi connectivity index (χ4v) is 3.17. The van der Waals surface area contributed by atoms with Gasteiger partial charge in [0.2, 0.25) is 0 Å². The molecule has 1 saturated carbocycles. The second-order valence-corrected chi connectivity index (χ2v) is 6.30. The standard InChI is InChI=1S/C15H26ClN3/c1-4-19-14(15(16)12(3)18-19)10-17-9-13-7-5-11(2)6-8-13/h11,13,17H,4-10H2,1-3H3. The van der Waals surface area contributed by atoms with E-state index in [4.69, 9.17) is 11.6 Å². The van der Waals surface area contributed by atoms with Crippen LogP contribution in [0.5, 0.6) is 0 Å². The topological polar surface area (TPSA) is 29.9 Å². The van der Waals surface area contributed by atoms with Gasteiger partial charge in [0.1, 0.15) is 0 Å². The second kappa shape index (κ2) is 6.76. The van der Waals surface area contributed by atoms with Crippen molar-refractivity contribution in [2.24, 2.45) is 11.8 Å². The van der Waals surface area contributed by atoms with E-state index in [2.05, 4.69) is 24.3 Å². The number of hydrogen-bond donors (Lipinski definition) is 1. The summed E-state index contributed by atoms with van der Waals surface area (Å²) in [5.74, 6) is 1.77. The molecule has 1 aromatic rings. The van der Waals surface area contributed by atoms with E-state index in [-0.39, 0.29) is 0 Å². The van der Waals surface area contributed by atoms with Crippen LogP contribution in [0.3, 0.4) is 0 Å². The normalized spacial score (nSPS) is 23.8. The molecule has 1 aromatic heterocycles. The van der Waals surface area contributed by atoms with Gasteiger partial charge in [-0.15, -0.1) is 0 Å². The fourth-order valence-electron chi connectivity index (χ4n) is 2.97. The van der Waals surface area contributed by atoms with E-state index >= 15 is 0 Å². The lowest BCUT2D eigenvalue weighted by molar-refractivity contribution is 0.281. The summed E-state index contributed by atoms with van der Waals surface area (Å²) in [7, 11) is 0. The zero-order valence-corrected chi connectivity index (χ0v) is 13.1. The van der Waals surface area contributed by atoms with Crippen molar-refractivity contribution in [2.45, 2.75) is 59.5 Å². The van der Waals surface area contributed by atoms with Crippen LogP contribution >= 0.6 is 11.6 Å². The Hall–Kier alpha value is -0.540. The summed E-state index contributed by atoms with van der Waals surface area (Å²) in [6, 6.07) is 0. The zero-order valence-electron chi connectivity index (χ0n) is 12.4. The molecule has 0 unspecified atom stereocenters. The van der Waals surface area contributed by atoms with Crippen LogP contribution in [-0.2, 0) is 13.1 Å². The molecule has 0 atom stereocenters. The number of nitrogens with zero attached hydrogens (tertiary/aromatic N) is 2. The molecule has 108 valence electrons. The van der Waals surface area contributed by atoms with Gasteiger partial charge in [0.05, 0.1) is 16.4 Å². The van der Waals surface area contributed by atoms with E-state index in [9.17, 15) is 0 Å². The van der Waals surface area contributed by atoms with Crippen LogP contribution in [0.25, 0.3) is 0 Å².